The van der Waals surface area contributed by atoms with Gasteiger partial charge in [0.25, 0.3) is 0 Å². The van der Waals surface area contributed by atoms with Gasteiger partial charge in [0.1, 0.15) is 18.4 Å². The van der Waals surface area contributed by atoms with Crippen LogP contribution in [-0.2, 0) is 9.59 Å². The lowest BCUT2D eigenvalue weighted by molar-refractivity contribution is -0.109. The number of hydrogen-bond acceptors (Lipinski definition) is 5. The Labute approximate surface area is 171 Å². The summed E-state index contributed by atoms with van der Waals surface area (Å²) in [7, 11) is 3.82. The zero-order valence-electron chi connectivity index (χ0n) is 16.9. The summed E-state index contributed by atoms with van der Waals surface area (Å²) in [6.45, 7) is 0. The Morgan fingerprint density at radius 3 is 1.86 bits per heavy atom. The fraction of sp³-hybridized carbons (Fsp3) is 0.348. The van der Waals surface area contributed by atoms with Crippen LogP contribution in [0.4, 0.5) is 11.4 Å². The number of rotatable bonds is 5. The molecule has 0 unspecified atom stereocenters. The number of H-pyrrole nitrogens is 1. The van der Waals surface area contributed by atoms with Gasteiger partial charge < -0.3 is 25.2 Å². The molecule has 6 nitrogen and oxygen atoms in total. The Balaban J connectivity index is 0.000000195. The molecule has 0 aliphatic heterocycles. The highest BCUT2D eigenvalue weighted by molar-refractivity contribution is 5.82. The van der Waals surface area contributed by atoms with Crippen molar-refractivity contribution in [2.24, 2.45) is 11.8 Å². The number of aromatic amines is 1. The topological polar surface area (TPSA) is 86.9 Å². The Kier molecular flexibility index (Phi) is 7.00. The van der Waals surface area contributed by atoms with Crippen LogP contribution in [-0.4, -0.2) is 36.6 Å². The summed E-state index contributed by atoms with van der Waals surface area (Å²) >= 11 is 0. The average molecular weight is 393 g/mol. The van der Waals surface area contributed by atoms with Gasteiger partial charge >= 0.3 is 0 Å². The molecular weight excluding hydrogens is 364 g/mol. The second-order valence-electron chi connectivity index (χ2n) is 7.34. The molecule has 0 saturated heterocycles. The number of hydrogen-bond donors (Lipinski definition) is 3. The lowest BCUT2D eigenvalue weighted by Gasteiger charge is -2.00. The third kappa shape index (κ3) is 6.17. The average Bonchev–Trinajstić information content (AvgIpc) is 3.70. The molecule has 2 aromatic carbocycles. The summed E-state index contributed by atoms with van der Waals surface area (Å²) in [6, 6.07) is 14.3. The van der Waals surface area contributed by atoms with Crippen molar-refractivity contribution in [3.63, 3.8) is 0 Å². The SMILES string of the molecule is CNc1ccc(-c2nc3ccc(NC)cc3[nH]2)cc1.O=CC1CC1.O=CC1CC1. The van der Waals surface area contributed by atoms with E-state index in [1.54, 1.807) is 0 Å². The maximum atomic E-state index is 9.57. The smallest absolute Gasteiger partial charge is 0.138 e. The molecule has 2 fully saturated rings. The number of carbonyl (C=O) groups is 2. The lowest BCUT2D eigenvalue weighted by Crippen LogP contribution is -1.87. The monoisotopic (exact) mass is 392 g/mol. The first kappa shape index (κ1) is 20.6. The lowest BCUT2D eigenvalue weighted by atomic mass is 10.2. The van der Waals surface area contributed by atoms with E-state index in [4.69, 9.17) is 0 Å². The zero-order valence-corrected chi connectivity index (χ0v) is 16.9. The van der Waals surface area contributed by atoms with E-state index in [2.05, 4.69) is 38.8 Å². The number of aromatic nitrogens is 2. The standard InChI is InChI=1S/C15H16N4.2C4H6O/c1-16-11-5-3-10(4-6-11)15-18-13-8-7-12(17-2)9-14(13)19-15;2*5-3-4-1-2-4/h3-9,16-17H,1-2H3,(H,18,19);2*3-4H,1-2H2. The minimum Gasteiger partial charge on any atom is -0.388 e. The van der Waals surface area contributed by atoms with Gasteiger partial charge in [0, 0.05) is 42.9 Å². The van der Waals surface area contributed by atoms with E-state index in [0.717, 1.165) is 72.1 Å². The van der Waals surface area contributed by atoms with Crippen LogP contribution < -0.4 is 10.6 Å². The molecule has 29 heavy (non-hydrogen) atoms. The summed E-state index contributed by atoms with van der Waals surface area (Å²) in [6.07, 6.45) is 6.62. The third-order valence-corrected chi connectivity index (χ3v) is 4.85. The normalized spacial score (nSPS) is 14.7. The van der Waals surface area contributed by atoms with Gasteiger partial charge in [-0.05, 0) is 68.1 Å². The van der Waals surface area contributed by atoms with E-state index in [1.807, 2.05) is 38.4 Å². The van der Waals surface area contributed by atoms with Gasteiger partial charge in [-0.1, -0.05) is 0 Å². The van der Waals surface area contributed by atoms with Crippen molar-refractivity contribution in [3.05, 3.63) is 42.5 Å². The van der Waals surface area contributed by atoms with Crippen LogP contribution in [0.25, 0.3) is 22.4 Å². The quantitative estimate of drug-likeness (QED) is 0.556. The van der Waals surface area contributed by atoms with Gasteiger partial charge in [0.05, 0.1) is 11.0 Å². The van der Waals surface area contributed by atoms with Crippen LogP contribution in [0.5, 0.6) is 0 Å². The van der Waals surface area contributed by atoms with Gasteiger partial charge in [-0.25, -0.2) is 4.98 Å². The van der Waals surface area contributed by atoms with E-state index >= 15 is 0 Å². The Morgan fingerprint density at radius 2 is 1.41 bits per heavy atom. The summed E-state index contributed by atoms with van der Waals surface area (Å²) in [5.74, 6) is 1.80. The third-order valence-electron chi connectivity index (χ3n) is 4.85. The number of carbonyl (C=O) groups excluding carboxylic acids is 2. The van der Waals surface area contributed by atoms with Crippen LogP contribution in [0.15, 0.2) is 42.5 Å². The van der Waals surface area contributed by atoms with Gasteiger partial charge in [-0.2, -0.15) is 0 Å². The highest BCUT2D eigenvalue weighted by Gasteiger charge is 2.19. The molecule has 2 aliphatic rings. The van der Waals surface area contributed by atoms with E-state index in [1.165, 1.54) is 0 Å². The number of anilines is 2. The van der Waals surface area contributed by atoms with E-state index < -0.39 is 0 Å². The van der Waals surface area contributed by atoms with E-state index in [-0.39, 0.29) is 0 Å². The Bertz CT molecular complexity index is 925. The molecule has 5 rings (SSSR count). The Morgan fingerprint density at radius 1 is 0.862 bits per heavy atom. The fourth-order valence-corrected chi connectivity index (χ4v) is 2.56. The molecule has 2 aliphatic carbocycles. The minimum absolute atomic E-state index is 0.454. The molecule has 3 N–H and O–H groups in total. The summed E-state index contributed by atoms with van der Waals surface area (Å²) < 4.78 is 0. The van der Waals surface area contributed by atoms with Crippen LogP contribution in [0.3, 0.4) is 0 Å². The molecule has 1 heterocycles. The molecule has 0 spiro atoms. The van der Waals surface area contributed by atoms with E-state index in [0.29, 0.717) is 11.8 Å². The van der Waals surface area contributed by atoms with Crippen molar-refractivity contribution in [1.29, 1.82) is 0 Å². The molecule has 0 amide bonds. The molecule has 6 heteroatoms. The van der Waals surface area contributed by atoms with Crippen molar-refractivity contribution >= 4 is 35.0 Å². The number of aldehydes is 2. The second kappa shape index (κ2) is 9.87. The predicted octanol–water partition coefficient (Wildman–Crippen LogP) is 4.50. The summed E-state index contributed by atoms with van der Waals surface area (Å²) in [5, 5.41) is 6.24. The summed E-state index contributed by atoms with van der Waals surface area (Å²) in [4.78, 5) is 27.1. The maximum absolute atomic E-state index is 9.57. The largest absolute Gasteiger partial charge is 0.388 e. The molecule has 152 valence electrons. The maximum Gasteiger partial charge on any atom is 0.138 e. The number of nitrogens with one attached hydrogen (secondary N) is 3. The second-order valence-corrected chi connectivity index (χ2v) is 7.34. The molecule has 2 saturated carbocycles. The van der Waals surface area contributed by atoms with Crippen LogP contribution in [0.1, 0.15) is 25.7 Å². The highest BCUT2D eigenvalue weighted by Crippen LogP contribution is 2.26. The minimum atomic E-state index is 0.454. The molecule has 0 radical (unpaired) electrons. The first-order valence-electron chi connectivity index (χ1n) is 10.0. The molecule has 0 atom stereocenters. The van der Waals surface area contributed by atoms with Crippen molar-refractivity contribution in [2.45, 2.75) is 25.7 Å². The molecular formula is C23H28N4O2. The van der Waals surface area contributed by atoms with Crippen LogP contribution >= 0.6 is 0 Å². The molecule has 3 aromatic rings. The number of benzene rings is 2. The van der Waals surface area contributed by atoms with E-state index in [9.17, 15) is 9.59 Å². The van der Waals surface area contributed by atoms with Crippen molar-refractivity contribution in [1.82, 2.24) is 9.97 Å². The Hall–Kier alpha value is -3.15. The molecule has 0 bridgehead atoms. The molecule has 1 aromatic heterocycles. The van der Waals surface area contributed by atoms with Gasteiger partial charge in [0.2, 0.25) is 0 Å². The van der Waals surface area contributed by atoms with Crippen LogP contribution in [0.2, 0.25) is 0 Å². The van der Waals surface area contributed by atoms with Crippen molar-refractivity contribution in [2.75, 3.05) is 24.7 Å². The van der Waals surface area contributed by atoms with Gasteiger partial charge in [-0.15, -0.1) is 0 Å². The number of fused-ring (bicyclic) bond motifs is 1. The van der Waals surface area contributed by atoms with Gasteiger partial charge in [-0.3, -0.25) is 0 Å². The van der Waals surface area contributed by atoms with Gasteiger partial charge in [0.15, 0.2) is 0 Å². The first-order valence-corrected chi connectivity index (χ1v) is 10.0. The fourth-order valence-electron chi connectivity index (χ4n) is 2.56. The zero-order chi connectivity index (χ0) is 20.6. The number of imidazole rings is 1. The first-order chi connectivity index (χ1) is 14.2. The van der Waals surface area contributed by atoms with Crippen LogP contribution in [0, 0.1) is 11.8 Å². The highest BCUT2D eigenvalue weighted by atomic mass is 16.1. The van der Waals surface area contributed by atoms with Crippen molar-refractivity contribution < 1.29 is 9.59 Å². The number of nitrogens with zero attached hydrogens (tertiary/aromatic N) is 1. The predicted molar refractivity (Wildman–Crippen MR) is 118 cm³/mol. The van der Waals surface area contributed by atoms with Crippen molar-refractivity contribution in [3.8, 4) is 11.4 Å². The summed E-state index contributed by atoms with van der Waals surface area (Å²) in [5.41, 5.74) is 5.28.